The van der Waals surface area contributed by atoms with Crippen LogP contribution in [0.1, 0.15) is 34.5 Å². The molecular formula is C21H20FN5O2S. The van der Waals surface area contributed by atoms with Gasteiger partial charge in [0.25, 0.3) is 0 Å². The van der Waals surface area contributed by atoms with Crippen LogP contribution in [-0.4, -0.2) is 37.8 Å². The predicted molar refractivity (Wildman–Crippen MR) is 111 cm³/mol. The van der Waals surface area contributed by atoms with E-state index in [4.69, 9.17) is 9.83 Å². The van der Waals surface area contributed by atoms with Crippen LogP contribution in [0.15, 0.2) is 46.9 Å². The van der Waals surface area contributed by atoms with Crippen LogP contribution in [0.25, 0.3) is 11.5 Å². The molecule has 1 aliphatic carbocycles. The molecule has 2 unspecified atom stereocenters. The van der Waals surface area contributed by atoms with Crippen molar-refractivity contribution < 1.29 is 13.4 Å². The van der Waals surface area contributed by atoms with Gasteiger partial charge in [0.15, 0.2) is 5.75 Å². The van der Waals surface area contributed by atoms with Crippen LogP contribution < -0.4 is 5.32 Å². The fraction of sp³-hybridized carbons (Fsp3) is 0.286. The fourth-order valence-electron chi connectivity index (χ4n) is 4.01. The molecule has 2 aliphatic rings. The topological polar surface area (TPSA) is 101 Å². The van der Waals surface area contributed by atoms with Crippen molar-refractivity contribution in [2.24, 2.45) is 0 Å². The van der Waals surface area contributed by atoms with Crippen molar-refractivity contribution in [3.8, 4) is 11.5 Å². The van der Waals surface area contributed by atoms with Gasteiger partial charge in [0.2, 0.25) is 17.7 Å². The van der Waals surface area contributed by atoms with E-state index in [9.17, 15) is 8.94 Å². The summed E-state index contributed by atoms with van der Waals surface area (Å²) in [6, 6.07) is 12.3. The van der Waals surface area contributed by atoms with Gasteiger partial charge in [0, 0.05) is 17.0 Å². The summed E-state index contributed by atoms with van der Waals surface area (Å²) >= 11 is -1.39. The Labute approximate surface area is 176 Å². The highest BCUT2D eigenvalue weighted by atomic mass is 32.2. The van der Waals surface area contributed by atoms with Crippen LogP contribution in [0.4, 0.5) is 4.39 Å². The molecule has 154 valence electrons. The molecule has 1 aromatic heterocycles. The molecule has 0 bridgehead atoms. The molecule has 30 heavy (non-hydrogen) atoms. The average Bonchev–Trinajstić information content (AvgIpc) is 3.39. The quantitative estimate of drug-likeness (QED) is 0.626. The van der Waals surface area contributed by atoms with E-state index in [0.717, 1.165) is 12.8 Å². The molecule has 7 nitrogen and oxygen atoms in total. The molecule has 1 fully saturated rings. The third kappa shape index (κ3) is 3.33. The maximum absolute atomic E-state index is 14.5. The predicted octanol–water partition coefficient (Wildman–Crippen LogP) is 2.93. The molecule has 3 aromatic rings. The van der Waals surface area contributed by atoms with Crippen molar-refractivity contribution in [1.82, 2.24) is 19.8 Å². The number of hydrogen-bond acceptors (Lipinski definition) is 5. The molecule has 2 heterocycles. The SMILES string of the molecule is CN1C(=N)NC(c2cc(-c3nnc(C4Cc5ccccc5C4)o3)ccc2F)C[S+]1[O-]. The first kappa shape index (κ1) is 19.1. The third-order valence-electron chi connectivity index (χ3n) is 5.70. The number of aromatic nitrogens is 2. The Morgan fingerprint density at radius 2 is 1.93 bits per heavy atom. The van der Waals surface area contributed by atoms with Crippen LogP contribution in [0.3, 0.4) is 0 Å². The van der Waals surface area contributed by atoms with Gasteiger partial charge >= 0.3 is 0 Å². The summed E-state index contributed by atoms with van der Waals surface area (Å²) < 4.78 is 34.0. The number of fused-ring (bicyclic) bond motifs is 1. The smallest absolute Gasteiger partial charge is 0.247 e. The Balaban J connectivity index is 1.40. The van der Waals surface area contributed by atoms with E-state index in [1.165, 1.54) is 21.5 Å². The van der Waals surface area contributed by atoms with Crippen molar-refractivity contribution in [2.45, 2.75) is 24.8 Å². The van der Waals surface area contributed by atoms with E-state index < -0.39 is 23.2 Å². The first-order valence-corrected chi connectivity index (χ1v) is 10.9. The van der Waals surface area contributed by atoms with E-state index in [1.54, 1.807) is 19.2 Å². The van der Waals surface area contributed by atoms with Gasteiger partial charge in [-0.3, -0.25) is 5.41 Å². The van der Waals surface area contributed by atoms with Crippen molar-refractivity contribution in [1.29, 1.82) is 5.41 Å². The zero-order valence-corrected chi connectivity index (χ0v) is 17.1. The fourth-order valence-corrected chi connectivity index (χ4v) is 5.04. The first-order valence-electron chi connectivity index (χ1n) is 9.67. The lowest BCUT2D eigenvalue weighted by Gasteiger charge is -2.33. The second-order valence-corrected chi connectivity index (χ2v) is 9.11. The summed E-state index contributed by atoms with van der Waals surface area (Å²) in [4.78, 5) is 0. The van der Waals surface area contributed by atoms with Crippen LogP contribution in [0, 0.1) is 11.2 Å². The van der Waals surface area contributed by atoms with Gasteiger partial charge in [0.1, 0.15) is 11.9 Å². The van der Waals surface area contributed by atoms with Crippen molar-refractivity contribution >= 4 is 17.3 Å². The number of halogens is 1. The Kier molecular flexibility index (Phi) is 4.71. The third-order valence-corrected chi connectivity index (χ3v) is 7.11. The van der Waals surface area contributed by atoms with E-state index >= 15 is 0 Å². The summed E-state index contributed by atoms with van der Waals surface area (Å²) in [5.41, 5.74) is 3.52. The molecule has 2 N–H and O–H groups in total. The lowest BCUT2D eigenvalue weighted by atomic mass is 10.0. The van der Waals surface area contributed by atoms with E-state index in [0.29, 0.717) is 22.9 Å². The number of benzene rings is 2. The second kappa shape index (κ2) is 7.41. The minimum atomic E-state index is -1.39. The summed E-state index contributed by atoms with van der Waals surface area (Å²) in [5.74, 6) is 0.779. The number of rotatable bonds is 3. The second-order valence-electron chi connectivity index (χ2n) is 7.59. The van der Waals surface area contributed by atoms with Crippen molar-refractivity contribution in [3.63, 3.8) is 0 Å². The first-order chi connectivity index (χ1) is 14.5. The monoisotopic (exact) mass is 425 g/mol. The molecule has 9 heteroatoms. The minimum absolute atomic E-state index is 0.00439. The lowest BCUT2D eigenvalue weighted by molar-refractivity contribution is 0.460. The van der Waals surface area contributed by atoms with E-state index in [-0.39, 0.29) is 17.6 Å². The van der Waals surface area contributed by atoms with Crippen LogP contribution >= 0.6 is 0 Å². The highest BCUT2D eigenvalue weighted by Crippen LogP contribution is 2.35. The molecule has 2 aromatic carbocycles. The Bertz CT molecular complexity index is 1100. The standard InChI is InChI=1S/C21H20FN5O2S/c1-27-21(23)24-18(11-30(27)28)16-10-14(6-7-17(16)22)19-25-26-20(29-19)15-8-12-4-2-3-5-13(12)9-15/h2-7,10,15,18H,8-9,11H2,1H3,(H2,23,24). The summed E-state index contributed by atoms with van der Waals surface area (Å²) in [7, 11) is 1.57. The molecule has 0 saturated carbocycles. The van der Waals surface area contributed by atoms with Gasteiger partial charge in [-0.05, 0) is 42.2 Å². The van der Waals surface area contributed by atoms with Crippen molar-refractivity contribution in [2.75, 3.05) is 12.8 Å². The van der Waals surface area contributed by atoms with Gasteiger partial charge in [-0.15, -0.1) is 10.2 Å². The summed E-state index contributed by atoms with van der Waals surface area (Å²) in [6.45, 7) is 0. The molecule has 0 spiro atoms. The van der Waals surface area contributed by atoms with Crippen molar-refractivity contribution in [3.05, 3.63) is 70.9 Å². The molecule has 2 atom stereocenters. The van der Waals surface area contributed by atoms with E-state index in [2.05, 4.69) is 27.6 Å². The number of hydrogen-bond donors (Lipinski definition) is 2. The number of nitrogens with one attached hydrogen (secondary N) is 2. The van der Waals surface area contributed by atoms with Gasteiger partial charge in [-0.2, -0.15) is 4.31 Å². The van der Waals surface area contributed by atoms with Crippen LogP contribution in [0.5, 0.6) is 0 Å². The average molecular weight is 425 g/mol. The van der Waals surface area contributed by atoms with Gasteiger partial charge in [-0.25, -0.2) is 4.39 Å². The zero-order valence-electron chi connectivity index (χ0n) is 16.3. The summed E-state index contributed by atoms with van der Waals surface area (Å²) in [6.07, 6.45) is 1.72. The molecule has 0 amide bonds. The number of guanidine groups is 1. The van der Waals surface area contributed by atoms with Gasteiger partial charge in [-0.1, -0.05) is 24.3 Å². The Morgan fingerprint density at radius 3 is 2.63 bits per heavy atom. The molecular weight excluding hydrogens is 405 g/mol. The maximum Gasteiger partial charge on any atom is 0.247 e. The summed E-state index contributed by atoms with van der Waals surface area (Å²) in [5, 5.41) is 19.2. The number of nitrogens with zero attached hydrogens (tertiary/aromatic N) is 3. The molecule has 1 saturated heterocycles. The van der Waals surface area contributed by atoms with Crippen LogP contribution in [-0.2, 0) is 24.2 Å². The lowest BCUT2D eigenvalue weighted by Crippen LogP contribution is -2.52. The van der Waals surface area contributed by atoms with Gasteiger partial charge < -0.3 is 14.3 Å². The molecule has 0 radical (unpaired) electrons. The normalized spacial score (nSPS) is 21.6. The maximum atomic E-state index is 14.5. The minimum Gasteiger partial charge on any atom is -0.593 e. The van der Waals surface area contributed by atoms with Crippen LogP contribution in [0.2, 0.25) is 0 Å². The Morgan fingerprint density at radius 1 is 1.20 bits per heavy atom. The Hall–Kier alpha value is -2.91. The molecule has 1 aliphatic heterocycles. The molecule has 5 rings (SSSR count). The highest BCUT2D eigenvalue weighted by molar-refractivity contribution is 7.89. The zero-order chi connectivity index (χ0) is 20.8. The van der Waals surface area contributed by atoms with E-state index in [1.807, 2.05) is 12.1 Å². The van der Waals surface area contributed by atoms with Gasteiger partial charge in [0.05, 0.1) is 18.4 Å². The highest BCUT2D eigenvalue weighted by Gasteiger charge is 2.34. The largest absolute Gasteiger partial charge is 0.593 e.